The van der Waals surface area contributed by atoms with Gasteiger partial charge in [-0.15, -0.1) is 0 Å². The molecule has 0 aromatic heterocycles. The molecule has 1 N–H and O–H groups in total. The van der Waals surface area contributed by atoms with E-state index in [-0.39, 0.29) is 0 Å². The lowest BCUT2D eigenvalue weighted by atomic mass is 10.1. The summed E-state index contributed by atoms with van der Waals surface area (Å²) in [5, 5.41) is 3.46. The zero-order valence-electron chi connectivity index (χ0n) is 12.1. The van der Waals surface area contributed by atoms with Gasteiger partial charge in [-0.3, -0.25) is 0 Å². The molecule has 0 radical (unpaired) electrons. The maximum absolute atomic E-state index is 5.22. The standard InChI is InChI=1S/C17H21NO2/c1-19-12-15-7-5-6-14(10-15)11-18-17-9-4-3-8-16(17)13-20-2/h3-10,18H,11-13H2,1-2H3. The first-order valence-electron chi connectivity index (χ1n) is 6.71. The summed E-state index contributed by atoms with van der Waals surface area (Å²) in [5.74, 6) is 0. The molecule has 0 spiro atoms. The number of hydrogen-bond acceptors (Lipinski definition) is 3. The SMILES string of the molecule is COCc1cccc(CNc2ccccc2COC)c1. The molecule has 20 heavy (non-hydrogen) atoms. The minimum absolute atomic E-state index is 0.618. The van der Waals surface area contributed by atoms with Gasteiger partial charge in [-0.05, 0) is 17.2 Å². The van der Waals surface area contributed by atoms with Crippen molar-refractivity contribution in [2.75, 3.05) is 19.5 Å². The highest BCUT2D eigenvalue weighted by Crippen LogP contribution is 2.17. The molecule has 0 bridgehead atoms. The summed E-state index contributed by atoms with van der Waals surface area (Å²) in [7, 11) is 3.43. The third-order valence-electron chi connectivity index (χ3n) is 3.10. The van der Waals surface area contributed by atoms with Gasteiger partial charge in [-0.25, -0.2) is 0 Å². The second-order valence-electron chi connectivity index (χ2n) is 4.70. The lowest BCUT2D eigenvalue weighted by Crippen LogP contribution is -2.03. The second kappa shape index (κ2) is 7.68. The molecule has 0 aliphatic carbocycles. The number of nitrogens with one attached hydrogen (secondary N) is 1. The van der Waals surface area contributed by atoms with E-state index in [9.17, 15) is 0 Å². The van der Waals surface area contributed by atoms with Gasteiger partial charge in [-0.2, -0.15) is 0 Å². The lowest BCUT2D eigenvalue weighted by molar-refractivity contribution is 0.185. The minimum atomic E-state index is 0.618. The summed E-state index contributed by atoms with van der Waals surface area (Å²) in [6.07, 6.45) is 0. The molecular formula is C17H21NO2. The van der Waals surface area contributed by atoms with E-state index in [1.165, 1.54) is 16.7 Å². The van der Waals surface area contributed by atoms with Crippen LogP contribution in [0.2, 0.25) is 0 Å². The Morgan fingerprint density at radius 1 is 0.850 bits per heavy atom. The van der Waals surface area contributed by atoms with Crippen molar-refractivity contribution < 1.29 is 9.47 Å². The van der Waals surface area contributed by atoms with Crippen molar-refractivity contribution in [3.63, 3.8) is 0 Å². The first kappa shape index (κ1) is 14.6. The van der Waals surface area contributed by atoms with Gasteiger partial charge in [0.1, 0.15) is 0 Å². The van der Waals surface area contributed by atoms with E-state index in [0.717, 1.165) is 12.2 Å². The predicted molar refractivity (Wildman–Crippen MR) is 81.6 cm³/mol. The van der Waals surface area contributed by atoms with Crippen LogP contribution in [0, 0.1) is 0 Å². The van der Waals surface area contributed by atoms with E-state index in [1.54, 1.807) is 14.2 Å². The van der Waals surface area contributed by atoms with Crippen molar-refractivity contribution in [1.82, 2.24) is 0 Å². The summed E-state index contributed by atoms with van der Waals surface area (Å²) < 4.78 is 10.4. The van der Waals surface area contributed by atoms with Crippen molar-refractivity contribution >= 4 is 5.69 Å². The van der Waals surface area contributed by atoms with Crippen LogP contribution in [0.5, 0.6) is 0 Å². The highest BCUT2D eigenvalue weighted by atomic mass is 16.5. The van der Waals surface area contributed by atoms with Crippen LogP contribution in [-0.4, -0.2) is 14.2 Å². The maximum atomic E-state index is 5.22. The Morgan fingerprint density at radius 2 is 1.60 bits per heavy atom. The van der Waals surface area contributed by atoms with E-state index < -0.39 is 0 Å². The van der Waals surface area contributed by atoms with E-state index in [2.05, 4.69) is 41.7 Å². The monoisotopic (exact) mass is 271 g/mol. The Morgan fingerprint density at radius 3 is 2.40 bits per heavy atom. The minimum Gasteiger partial charge on any atom is -0.381 e. The van der Waals surface area contributed by atoms with Gasteiger partial charge in [0.05, 0.1) is 13.2 Å². The van der Waals surface area contributed by atoms with Crippen LogP contribution < -0.4 is 5.32 Å². The normalized spacial score (nSPS) is 10.5. The van der Waals surface area contributed by atoms with Gasteiger partial charge in [-0.1, -0.05) is 42.5 Å². The molecule has 0 atom stereocenters. The van der Waals surface area contributed by atoms with Crippen molar-refractivity contribution in [2.45, 2.75) is 19.8 Å². The number of hydrogen-bond donors (Lipinski definition) is 1. The fourth-order valence-corrected chi connectivity index (χ4v) is 2.17. The fourth-order valence-electron chi connectivity index (χ4n) is 2.17. The van der Waals surface area contributed by atoms with Crippen molar-refractivity contribution in [1.29, 1.82) is 0 Å². The largest absolute Gasteiger partial charge is 0.381 e. The van der Waals surface area contributed by atoms with E-state index in [0.29, 0.717) is 13.2 Å². The zero-order valence-corrected chi connectivity index (χ0v) is 12.1. The van der Waals surface area contributed by atoms with E-state index in [4.69, 9.17) is 9.47 Å². The Balaban J connectivity index is 2.03. The van der Waals surface area contributed by atoms with Crippen LogP contribution in [0.3, 0.4) is 0 Å². The van der Waals surface area contributed by atoms with Crippen LogP contribution >= 0.6 is 0 Å². The highest BCUT2D eigenvalue weighted by Gasteiger charge is 2.01. The summed E-state index contributed by atoms with van der Waals surface area (Å²) in [6, 6.07) is 16.6. The summed E-state index contributed by atoms with van der Waals surface area (Å²) in [6.45, 7) is 2.05. The average molecular weight is 271 g/mol. The molecule has 2 rings (SSSR count). The van der Waals surface area contributed by atoms with Gasteiger partial charge >= 0.3 is 0 Å². The van der Waals surface area contributed by atoms with E-state index in [1.807, 2.05) is 12.1 Å². The third-order valence-corrected chi connectivity index (χ3v) is 3.10. The van der Waals surface area contributed by atoms with Crippen molar-refractivity contribution in [2.24, 2.45) is 0 Å². The molecule has 0 fully saturated rings. The molecule has 0 unspecified atom stereocenters. The molecule has 3 heteroatoms. The highest BCUT2D eigenvalue weighted by molar-refractivity contribution is 5.51. The van der Waals surface area contributed by atoms with Crippen LogP contribution in [0.1, 0.15) is 16.7 Å². The maximum Gasteiger partial charge on any atom is 0.0733 e. The molecule has 0 heterocycles. The Kier molecular flexibility index (Phi) is 5.59. The van der Waals surface area contributed by atoms with Crippen molar-refractivity contribution in [3.05, 3.63) is 65.2 Å². The predicted octanol–water partition coefficient (Wildman–Crippen LogP) is 3.59. The summed E-state index contributed by atoms with van der Waals surface area (Å²) in [5.41, 5.74) is 4.72. The Hall–Kier alpha value is -1.84. The smallest absolute Gasteiger partial charge is 0.0733 e. The molecule has 0 aliphatic heterocycles. The van der Waals surface area contributed by atoms with Crippen LogP contribution in [0.15, 0.2) is 48.5 Å². The molecule has 106 valence electrons. The van der Waals surface area contributed by atoms with Gasteiger partial charge in [0, 0.05) is 32.0 Å². The Labute approximate surface area is 120 Å². The Bertz CT molecular complexity index is 540. The van der Waals surface area contributed by atoms with Crippen LogP contribution in [0.25, 0.3) is 0 Å². The molecule has 0 saturated heterocycles. The first-order valence-corrected chi connectivity index (χ1v) is 6.71. The quantitative estimate of drug-likeness (QED) is 0.834. The number of rotatable bonds is 7. The van der Waals surface area contributed by atoms with Crippen LogP contribution in [-0.2, 0) is 29.2 Å². The number of anilines is 1. The van der Waals surface area contributed by atoms with Gasteiger partial charge in [0.2, 0.25) is 0 Å². The summed E-state index contributed by atoms with van der Waals surface area (Å²) in [4.78, 5) is 0. The number of ether oxygens (including phenoxy) is 2. The van der Waals surface area contributed by atoms with Gasteiger partial charge < -0.3 is 14.8 Å². The second-order valence-corrected chi connectivity index (χ2v) is 4.70. The number of benzene rings is 2. The molecular weight excluding hydrogens is 250 g/mol. The average Bonchev–Trinajstić information content (AvgIpc) is 2.47. The molecule has 2 aromatic rings. The molecule has 0 saturated carbocycles. The van der Waals surface area contributed by atoms with E-state index >= 15 is 0 Å². The fraction of sp³-hybridized carbons (Fsp3) is 0.294. The van der Waals surface area contributed by atoms with Gasteiger partial charge in [0.15, 0.2) is 0 Å². The molecule has 0 aliphatic rings. The molecule has 3 nitrogen and oxygen atoms in total. The lowest BCUT2D eigenvalue weighted by Gasteiger charge is -2.12. The zero-order chi connectivity index (χ0) is 14.2. The molecule has 0 amide bonds. The van der Waals surface area contributed by atoms with Crippen LogP contribution in [0.4, 0.5) is 5.69 Å². The number of para-hydroxylation sites is 1. The molecule has 2 aromatic carbocycles. The van der Waals surface area contributed by atoms with Gasteiger partial charge in [0.25, 0.3) is 0 Å². The third kappa shape index (κ3) is 4.08. The first-order chi connectivity index (χ1) is 9.83. The topological polar surface area (TPSA) is 30.5 Å². The summed E-state index contributed by atoms with van der Waals surface area (Å²) >= 11 is 0. The number of methoxy groups -OCH3 is 2. The van der Waals surface area contributed by atoms with Crippen molar-refractivity contribution in [3.8, 4) is 0 Å².